The van der Waals surface area contributed by atoms with Crippen LogP contribution in [0, 0.1) is 6.92 Å². The minimum absolute atomic E-state index is 0.131. The van der Waals surface area contributed by atoms with E-state index in [0.29, 0.717) is 33.8 Å². The highest BCUT2D eigenvalue weighted by molar-refractivity contribution is 6.12. The Bertz CT molecular complexity index is 1150. The lowest BCUT2D eigenvalue weighted by molar-refractivity contribution is -0.119. The predicted molar refractivity (Wildman–Crippen MR) is 104 cm³/mol. The number of amides is 1. The summed E-state index contributed by atoms with van der Waals surface area (Å²) in [6, 6.07) is 7.49. The molecule has 0 saturated heterocycles. The van der Waals surface area contributed by atoms with Crippen molar-refractivity contribution in [2.75, 3.05) is 11.7 Å². The van der Waals surface area contributed by atoms with Gasteiger partial charge < -0.3 is 9.15 Å². The molecule has 0 radical (unpaired) electrons. The van der Waals surface area contributed by atoms with Crippen molar-refractivity contribution in [2.45, 2.75) is 6.92 Å². The van der Waals surface area contributed by atoms with Crippen LogP contribution in [0.15, 0.2) is 70.3 Å². The van der Waals surface area contributed by atoms with Crippen molar-refractivity contribution < 1.29 is 19.2 Å². The number of ether oxygens (including phenoxy) is 1. The van der Waals surface area contributed by atoms with E-state index in [9.17, 15) is 10.0 Å². The Morgan fingerprint density at radius 3 is 2.79 bits per heavy atom. The largest absolute Gasteiger partial charge is 0.483 e. The Balaban J connectivity index is 1.46. The summed E-state index contributed by atoms with van der Waals surface area (Å²) in [5, 5.41) is 10.7. The number of aromatic nitrogens is 1. The molecule has 0 spiro atoms. The van der Waals surface area contributed by atoms with E-state index in [0.717, 1.165) is 10.6 Å². The first-order valence-corrected chi connectivity index (χ1v) is 8.64. The van der Waals surface area contributed by atoms with Crippen molar-refractivity contribution in [3.63, 3.8) is 0 Å². The van der Waals surface area contributed by atoms with E-state index in [1.54, 1.807) is 36.5 Å². The second-order valence-electron chi connectivity index (χ2n) is 6.17. The maximum absolute atomic E-state index is 12.1. The molecule has 0 atom stereocenters. The first-order chi connectivity index (χ1) is 13.6. The number of aliphatic imine (C=N–C) groups is 1. The minimum atomic E-state index is -0.376. The number of benzene rings is 1. The Hall–Kier alpha value is -3.71. The molecule has 0 unspecified atom stereocenters. The van der Waals surface area contributed by atoms with Crippen LogP contribution in [0.3, 0.4) is 0 Å². The average Bonchev–Trinajstić information content (AvgIpc) is 3.14. The number of aryl methyl sites for hydroxylation is 1. The smallest absolute Gasteiger partial charge is 0.284 e. The number of hydrogen-bond acceptors (Lipinski definition) is 6. The Morgan fingerprint density at radius 2 is 2.04 bits per heavy atom. The number of hydroxylamine groups is 1. The van der Waals surface area contributed by atoms with Crippen molar-refractivity contribution in [1.82, 2.24) is 4.98 Å². The zero-order chi connectivity index (χ0) is 19.5. The molecule has 1 amide bonds. The van der Waals surface area contributed by atoms with Crippen LogP contribution in [0.5, 0.6) is 5.75 Å². The van der Waals surface area contributed by atoms with E-state index in [1.165, 1.54) is 6.20 Å². The summed E-state index contributed by atoms with van der Waals surface area (Å²) < 4.78 is 11.2. The molecule has 0 saturated carbocycles. The lowest BCUT2D eigenvalue weighted by Gasteiger charge is -2.08. The molecular weight excluding hydrogens is 358 g/mol. The number of oxazole rings is 1. The van der Waals surface area contributed by atoms with Gasteiger partial charge in [-0.1, -0.05) is 18.2 Å². The highest BCUT2D eigenvalue weighted by atomic mass is 16.5. The zero-order valence-corrected chi connectivity index (χ0v) is 15.1. The van der Waals surface area contributed by atoms with Crippen molar-refractivity contribution in [3.8, 4) is 5.75 Å². The number of rotatable bonds is 3. The topological polar surface area (TPSA) is 88.2 Å². The average molecular weight is 375 g/mol. The van der Waals surface area contributed by atoms with Gasteiger partial charge in [-0.25, -0.2) is 10.1 Å². The van der Waals surface area contributed by atoms with Gasteiger partial charge in [0.05, 0.1) is 5.71 Å². The molecule has 1 aromatic carbocycles. The normalized spacial score (nSPS) is 14.7. The van der Waals surface area contributed by atoms with Crippen LogP contribution in [-0.4, -0.2) is 28.4 Å². The van der Waals surface area contributed by atoms with Gasteiger partial charge in [-0.2, -0.15) is 4.98 Å². The molecule has 2 heterocycles. The number of fused-ring (bicyclic) bond motifs is 1. The van der Waals surface area contributed by atoms with E-state index < -0.39 is 0 Å². The number of nitrogens with zero attached hydrogens (tertiary/aromatic N) is 3. The number of allylic oxidation sites excluding steroid dienone is 5. The number of carbonyl (C=O) groups excluding carboxylic acids is 1. The quantitative estimate of drug-likeness (QED) is 0.880. The van der Waals surface area contributed by atoms with Gasteiger partial charge in [0.1, 0.15) is 5.75 Å². The predicted octanol–water partition coefficient (Wildman–Crippen LogP) is 1.81. The first-order valence-electron chi connectivity index (χ1n) is 8.64. The number of carbonyl (C=O) groups is 1. The fourth-order valence-electron chi connectivity index (χ4n) is 2.72. The third kappa shape index (κ3) is 3.70. The van der Waals surface area contributed by atoms with Gasteiger partial charge >= 0.3 is 0 Å². The van der Waals surface area contributed by atoms with Gasteiger partial charge in [0.25, 0.3) is 5.91 Å². The third-order valence-corrected chi connectivity index (χ3v) is 4.14. The standard InChI is InChI=1S/C21H17N3O4/c1-14-5-2-3-6-17(14)27-13-19(25)22-16-10-8-15(9-11-16)21-23-20-18(28-21)7-4-12-24(20)26/h2-12,26H,13H2,1H3. The van der Waals surface area contributed by atoms with Crippen LogP contribution in [0.2, 0.25) is 0 Å². The maximum Gasteiger partial charge on any atom is 0.284 e. The second kappa shape index (κ2) is 7.50. The summed E-state index contributed by atoms with van der Waals surface area (Å²) >= 11 is 0. The minimum Gasteiger partial charge on any atom is -0.483 e. The van der Waals surface area contributed by atoms with Crippen LogP contribution in [-0.2, 0) is 4.79 Å². The van der Waals surface area contributed by atoms with Gasteiger partial charge in [0.2, 0.25) is 11.4 Å². The molecule has 4 rings (SSSR count). The van der Waals surface area contributed by atoms with Crippen LogP contribution >= 0.6 is 0 Å². The van der Waals surface area contributed by atoms with Crippen molar-refractivity contribution in [1.29, 1.82) is 0 Å². The van der Waals surface area contributed by atoms with E-state index in [4.69, 9.17) is 9.15 Å². The van der Waals surface area contributed by atoms with E-state index >= 15 is 0 Å². The molecule has 0 bridgehead atoms. The highest BCUT2D eigenvalue weighted by Crippen LogP contribution is 2.16. The van der Waals surface area contributed by atoms with Crippen LogP contribution in [0.25, 0.3) is 11.6 Å². The molecule has 1 aliphatic heterocycles. The molecule has 7 nitrogen and oxygen atoms in total. The Kier molecular flexibility index (Phi) is 4.74. The van der Waals surface area contributed by atoms with Gasteiger partial charge in [0.15, 0.2) is 12.0 Å². The number of hydrogen-bond donors (Lipinski definition) is 1. The fourth-order valence-corrected chi connectivity index (χ4v) is 2.72. The fraction of sp³-hybridized carbons (Fsp3) is 0.0952. The van der Waals surface area contributed by atoms with Crippen LogP contribution in [0.1, 0.15) is 5.56 Å². The van der Waals surface area contributed by atoms with Gasteiger partial charge in [0, 0.05) is 11.8 Å². The number of anilines is 1. The summed E-state index contributed by atoms with van der Waals surface area (Å²) in [6.45, 7) is 1.79. The second-order valence-corrected chi connectivity index (χ2v) is 6.17. The van der Waals surface area contributed by atoms with E-state index in [1.807, 2.05) is 31.2 Å². The molecule has 140 valence electrons. The van der Waals surface area contributed by atoms with Gasteiger partial charge in [-0.05, 0) is 55.0 Å². The van der Waals surface area contributed by atoms with Crippen molar-refractivity contribution in [3.05, 3.63) is 77.4 Å². The summed E-state index contributed by atoms with van der Waals surface area (Å²) in [7, 11) is 0. The lowest BCUT2D eigenvalue weighted by Crippen LogP contribution is -2.19. The van der Waals surface area contributed by atoms with Gasteiger partial charge in [-0.15, -0.1) is 0 Å². The Labute approximate surface area is 160 Å². The van der Waals surface area contributed by atoms with Crippen molar-refractivity contribution >= 4 is 29.1 Å². The van der Waals surface area contributed by atoms with E-state index in [-0.39, 0.29) is 12.5 Å². The summed E-state index contributed by atoms with van der Waals surface area (Å²) in [5.41, 5.74) is 3.01. The molecule has 1 aromatic heterocycles. The van der Waals surface area contributed by atoms with Crippen molar-refractivity contribution in [2.24, 2.45) is 4.99 Å². The third-order valence-electron chi connectivity index (χ3n) is 4.14. The number of para-hydroxylation sites is 1. The summed E-state index contributed by atoms with van der Waals surface area (Å²) in [6.07, 6.45) is 11.7. The monoisotopic (exact) mass is 375 g/mol. The molecule has 7 heteroatoms. The lowest BCUT2D eigenvalue weighted by atomic mass is 10.1. The summed E-state index contributed by atoms with van der Waals surface area (Å²) in [4.78, 5) is 20.4. The molecule has 1 aliphatic carbocycles. The molecular formula is C21H17N3O4. The SMILES string of the molecule is Cc1ccccc1OCC(=O)N=C1C=CC(=c2nc3c(o2)=CC=CN3O)C=C1. The van der Waals surface area contributed by atoms with Crippen LogP contribution < -0.4 is 20.8 Å². The molecule has 2 aromatic rings. The molecule has 2 aliphatic rings. The zero-order valence-electron chi connectivity index (χ0n) is 15.1. The molecule has 28 heavy (non-hydrogen) atoms. The maximum atomic E-state index is 12.1. The van der Waals surface area contributed by atoms with Crippen LogP contribution in [0.4, 0.5) is 5.82 Å². The highest BCUT2D eigenvalue weighted by Gasteiger charge is 2.13. The Morgan fingerprint density at radius 1 is 1.25 bits per heavy atom. The van der Waals surface area contributed by atoms with Gasteiger partial charge in [-0.3, -0.25) is 10.0 Å². The first kappa shape index (κ1) is 17.7. The van der Waals surface area contributed by atoms with E-state index in [2.05, 4.69) is 9.98 Å². The summed E-state index contributed by atoms with van der Waals surface area (Å²) in [5.74, 6) is 0.618. The molecule has 1 N–H and O–H groups in total. The molecule has 0 fully saturated rings.